The number of aromatic amines is 1. The summed E-state index contributed by atoms with van der Waals surface area (Å²) in [6.07, 6.45) is 2.73. The number of aromatic nitrogens is 1. The fraction of sp³-hybridized carbons (Fsp3) is 0.217. The maximum atomic E-state index is 12.3. The second-order valence-electron chi connectivity index (χ2n) is 6.65. The smallest absolute Gasteiger partial charge is 0.374 e. The molecular formula is C23H21NO5. The molecule has 4 aromatic rings. The Bertz CT molecular complexity index is 1170. The van der Waals surface area contributed by atoms with Crippen molar-refractivity contribution in [2.75, 3.05) is 6.61 Å². The van der Waals surface area contributed by atoms with Gasteiger partial charge in [-0.3, -0.25) is 4.79 Å². The maximum absolute atomic E-state index is 12.3. The van der Waals surface area contributed by atoms with Gasteiger partial charge >= 0.3 is 11.9 Å². The van der Waals surface area contributed by atoms with Crippen LogP contribution in [0.3, 0.4) is 0 Å². The molecule has 6 heteroatoms. The van der Waals surface area contributed by atoms with E-state index in [2.05, 4.69) is 4.98 Å². The van der Waals surface area contributed by atoms with Gasteiger partial charge in [0.1, 0.15) is 12.2 Å². The first kappa shape index (κ1) is 18.8. The molecule has 0 spiro atoms. The third-order valence-electron chi connectivity index (χ3n) is 4.81. The summed E-state index contributed by atoms with van der Waals surface area (Å²) in [5.41, 5.74) is 3.19. The minimum atomic E-state index is -0.562. The van der Waals surface area contributed by atoms with Crippen LogP contribution in [0.1, 0.15) is 35.0 Å². The number of para-hydroxylation sites is 2. The van der Waals surface area contributed by atoms with Crippen molar-refractivity contribution in [3.05, 3.63) is 71.6 Å². The number of aryl methyl sites for hydroxylation is 1. The highest BCUT2D eigenvalue weighted by molar-refractivity contribution is 5.96. The second kappa shape index (κ2) is 8.22. The van der Waals surface area contributed by atoms with Gasteiger partial charge in [-0.25, -0.2) is 4.79 Å². The molecule has 0 radical (unpaired) electrons. The number of hydrogen-bond donors (Lipinski definition) is 1. The molecule has 2 heterocycles. The van der Waals surface area contributed by atoms with Gasteiger partial charge in [0.15, 0.2) is 0 Å². The normalized spacial score (nSPS) is 11.1. The van der Waals surface area contributed by atoms with Crippen molar-refractivity contribution in [1.82, 2.24) is 4.98 Å². The Morgan fingerprint density at radius 2 is 1.76 bits per heavy atom. The average Bonchev–Trinajstić information content (AvgIpc) is 3.32. The molecule has 29 heavy (non-hydrogen) atoms. The summed E-state index contributed by atoms with van der Waals surface area (Å²) in [7, 11) is 0. The largest absolute Gasteiger partial charge is 0.461 e. The van der Waals surface area contributed by atoms with Gasteiger partial charge in [0.2, 0.25) is 5.76 Å². The number of esters is 2. The molecule has 0 saturated carbocycles. The maximum Gasteiger partial charge on any atom is 0.374 e. The molecule has 0 saturated heterocycles. The van der Waals surface area contributed by atoms with Gasteiger partial charge < -0.3 is 18.9 Å². The Labute approximate surface area is 167 Å². The minimum absolute atomic E-state index is 0.0438. The number of benzene rings is 2. The SMILES string of the molecule is CCOC(=O)c1oc2ccccc2c1COC(=O)CCc1c[nH]c2ccccc12. The van der Waals surface area contributed by atoms with Crippen LogP contribution in [0.25, 0.3) is 21.9 Å². The first-order valence-corrected chi connectivity index (χ1v) is 9.55. The van der Waals surface area contributed by atoms with E-state index in [1.54, 1.807) is 13.0 Å². The number of nitrogens with one attached hydrogen (secondary N) is 1. The highest BCUT2D eigenvalue weighted by atomic mass is 16.5. The number of carbonyl (C=O) groups is 2. The van der Waals surface area contributed by atoms with Crippen LogP contribution in [0.2, 0.25) is 0 Å². The monoisotopic (exact) mass is 391 g/mol. The zero-order valence-corrected chi connectivity index (χ0v) is 16.1. The lowest BCUT2D eigenvalue weighted by atomic mass is 10.1. The van der Waals surface area contributed by atoms with E-state index in [4.69, 9.17) is 13.9 Å². The van der Waals surface area contributed by atoms with E-state index < -0.39 is 5.97 Å². The van der Waals surface area contributed by atoms with Crippen LogP contribution in [0.15, 0.2) is 59.1 Å². The molecular weight excluding hydrogens is 370 g/mol. The third-order valence-corrected chi connectivity index (χ3v) is 4.81. The predicted molar refractivity (Wildman–Crippen MR) is 109 cm³/mol. The molecule has 0 aliphatic rings. The van der Waals surface area contributed by atoms with Crippen molar-refractivity contribution < 1.29 is 23.5 Å². The van der Waals surface area contributed by atoms with Crippen molar-refractivity contribution in [1.29, 1.82) is 0 Å². The topological polar surface area (TPSA) is 81.5 Å². The Balaban J connectivity index is 1.45. The summed E-state index contributed by atoms with van der Waals surface area (Å²) in [5.74, 6) is -0.818. The van der Waals surface area contributed by atoms with Crippen LogP contribution < -0.4 is 0 Å². The van der Waals surface area contributed by atoms with E-state index >= 15 is 0 Å². The second-order valence-corrected chi connectivity index (χ2v) is 6.65. The molecule has 148 valence electrons. The minimum Gasteiger partial charge on any atom is -0.461 e. The third kappa shape index (κ3) is 3.87. The Morgan fingerprint density at radius 1 is 1.00 bits per heavy atom. The molecule has 0 amide bonds. The van der Waals surface area contributed by atoms with Gasteiger partial charge in [-0.05, 0) is 31.0 Å². The van der Waals surface area contributed by atoms with E-state index in [9.17, 15) is 9.59 Å². The number of ether oxygens (including phenoxy) is 2. The molecule has 0 bridgehead atoms. The van der Waals surface area contributed by atoms with Crippen LogP contribution in [-0.2, 0) is 27.3 Å². The lowest BCUT2D eigenvalue weighted by Gasteiger charge is -2.06. The first-order chi connectivity index (χ1) is 14.2. The van der Waals surface area contributed by atoms with Crippen molar-refractivity contribution in [2.45, 2.75) is 26.4 Å². The average molecular weight is 391 g/mol. The highest BCUT2D eigenvalue weighted by Gasteiger charge is 2.22. The van der Waals surface area contributed by atoms with E-state index in [0.29, 0.717) is 17.6 Å². The van der Waals surface area contributed by atoms with Gasteiger partial charge in [-0.2, -0.15) is 0 Å². The van der Waals surface area contributed by atoms with Crippen LogP contribution >= 0.6 is 0 Å². The number of carbonyl (C=O) groups excluding carboxylic acids is 2. The van der Waals surface area contributed by atoms with Crippen LogP contribution in [-0.4, -0.2) is 23.5 Å². The van der Waals surface area contributed by atoms with Crippen molar-refractivity contribution in [3.63, 3.8) is 0 Å². The molecule has 2 aromatic carbocycles. The Hall–Kier alpha value is -3.54. The van der Waals surface area contributed by atoms with E-state index in [1.807, 2.05) is 48.7 Å². The summed E-state index contributed by atoms with van der Waals surface area (Å²) in [4.78, 5) is 27.8. The highest BCUT2D eigenvalue weighted by Crippen LogP contribution is 2.27. The standard InChI is InChI=1S/C23H21NO5/c1-2-27-23(26)22-18(17-8-4-6-10-20(17)29-22)14-28-21(25)12-11-15-13-24-19-9-5-3-7-16(15)19/h3-10,13,24H,2,11-12,14H2,1H3. The van der Waals surface area contributed by atoms with Gasteiger partial charge in [-0.1, -0.05) is 36.4 Å². The van der Waals surface area contributed by atoms with E-state index in [1.165, 1.54) is 0 Å². The fourth-order valence-electron chi connectivity index (χ4n) is 3.40. The number of furan rings is 1. The van der Waals surface area contributed by atoms with Crippen LogP contribution in [0.5, 0.6) is 0 Å². The molecule has 4 rings (SSSR count). The van der Waals surface area contributed by atoms with E-state index in [-0.39, 0.29) is 31.4 Å². The summed E-state index contributed by atoms with van der Waals surface area (Å²) in [6.45, 7) is 1.92. The Morgan fingerprint density at radius 3 is 2.59 bits per heavy atom. The van der Waals surface area contributed by atoms with Crippen LogP contribution in [0.4, 0.5) is 0 Å². The number of hydrogen-bond acceptors (Lipinski definition) is 5. The molecule has 6 nitrogen and oxygen atoms in total. The van der Waals surface area contributed by atoms with Crippen molar-refractivity contribution >= 4 is 33.8 Å². The molecule has 2 aromatic heterocycles. The van der Waals surface area contributed by atoms with Crippen molar-refractivity contribution in [2.24, 2.45) is 0 Å². The van der Waals surface area contributed by atoms with Crippen LogP contribution in [0, 0.1) is 0 Å². The fourth-order valence-corrected chi connectivity index (χ4v) is 3.40. The number of fused-ring (bicyclic) bond motifs is 2. The van der Waals surface area contributed by atoms with Gasteiger partial charge in [0.25, 0.3) is 0 Å². The zero-order chi connectivity index (χ0) is 20.2. The summed E-state index contributed by atoms with van der Waals surface area (Å²) >= 11 is 0. The molecule has 0 unspecified atom stereocenters. The lowest BCUT2D eigenvalue weighted by Crippen LogP contribution is -2.10. The quantitative estimate of drug-likeness (QED) is 0.459. The molecule has 0 atom stereocenters. The molecule has 1 N–H and O–H groups in total. The number of rotatable bonds is 7. The summed E-state index contributed by atoms with van der Waals surface area (Å²) < 4.78 is 16.2. The summed E-state index contributed by atoms with van der Waals surface area (Å²) in [6, 6.07) is 15.2. The first-order valence-electron chi connectivity index (χ1n) is 9.55. The molecule has 0 aliphatic carbocycles. The lowest BCUT2D eigenvalue weighted by molar-refractivity contribution is -0.144. The summed E-state index contributed by atoms with van der Waals surface area (Å²) in [5, 5.41) is 1.84. The Kier molecular flexibility index (Phi) is 5.33. The molecule has 0 fully saturated rings. The van der Waals surface area contributed by atoms with E-state index in [0.717, 1.165) is 21.9 Å². The zero-order valence-electron chi connectivity index (χ0n) is 16.1. The van der Waals surface area contributed by atoms with Gasteiger partial charge in [0, 0.05) is 28.9 Å². The van der Waals surface area contributed by atoms with Crippen molar-refractivity contribution in [3.8, 4) is 0 Å². The van der Waals surface area contributed by atoms with Gasteiger partial charge in [0.05, 0.1) is 12.2 Å². The molecule has 0 aliphatic heterocycles. The van der Waals surface area contributed by atoms with Gasteiger partial charge in [-0.15, -0.1) is 0 Å². The predicted octanol–water partition coefficient (Wildman–Crippen LogP) is 4.77. The number of H-pyrrole nitrogens is 1.